The minimum absolute atomic E-state index is 0.0367. The molecule has 1 unspecified atom stereocenters. The van der Waals surface area contributed by atoms with E-state index >= 15 is 0 Å². The van der Waals surface area contributed by atoms with Crippen molar-refractivity contribution in [2.75, 3.05) is 11.4 Å². The molecule has 26 heavy (non-hydrogen) atoms. The van der Waals surface area contributed by atoms with E-state index in [0.717, 1.165) is 36.9 Å². The van der Waals surface area contributed by atoms with Crippen molar-refractivity contribution < 1.29 is 14.1 Å². The first-order valence-electron chi connectivity index (χ1n) is 8.87. The van der Waals surface area contributed by atoms with E-state index in [1.807, 2.05) is 6.07 Å². The predicted molar refractivity (Wildman–Crippen MR) is 107 cm³/mol. The summed E-state index contributed by atoms with van der Waals surface area (Å²) in [6.07, 6.45) is 5.49. The van der Waals surface area contributed by atoms with E-state index in [1.54, 1.807) is 11.0 Å². The van der Waals surface area contributed by atoms with Crippen molar-refractivity contribution in [2.24, 2.45) is 10.1 Å². The fourth-order valence-corrected chi connectivity index (χ4v) is 5.38. The van der Waals surface area contributed by atoms with Gasteiger partial charge in [0.25, 0.3) is 0 Å². The van der Waals surface area contributed by atoms with E-state index in [-0.39, 0.29) is 18.2 Å². The number of hydrogen-bond donors (Lipinski definition) is 2. The molecule has 1 aliphatic heterocycles. The molecule has 0 saturated heterocycles. The number of carbonyl (C=O) groups excluding carboxylic acids is 1. The van der Waals surface area contributed by atoms with Crippen molar-refractivity contribution in [1.82, 2.24) is 0 Å². The van der Waals surface area contributed by atoms with Gasteiger partial charge in [0.15, 0.2) is 11.0 Å². The standard InChI is InChI=1S/C18H24BrN3O3S/c1-12(23)22-8-5-13-9-14(19)16(10-15(13)22)26(25)21-17(20)11-18(24)6-3-2-4-7-18/h9-10,24H,2-8,11H2,1H3,(H2,20,21). The Kier molecular flexibility index (Phi) is 5.84. The Labute approximate surface area is 164 Å². The summed E-state index contributed by atoms with van der Waals surface area (Å²) >= 11 is 3.45. The Hall–Kier alpha value is -1.25. The number of carbonyl (C=O) groups is 1. The quantitative estimate of drug-likeness (QED) is 0.554. The maximum absolute atomic E-state index is 12.7. The van der Waals surface area contributed by atoms with Crippen molar-refractivity contribution >= 4 is 44.3 Å². The van der Waals surface area contributed by atoms with Gasteiger partial charge in [0.05, 0.1) is 10.5 Å². The number of nitrogens with zero attached hydrogens (tertiary/aromatic N) is 2. The summed E-state index contributed by atoms with van der Waals surface area (Å²) < 4.78 is 17.5. The lowest BCUT2D eigenvalue weighted by molar-refractivity contribution is -0.116. The highest BCUT2D eigenvalue weighted by atomic mass is 79.9. The molecule has 1 atom stereocenters. The van der Waals surface area contributed by atoms with Crippen LogP contribution in [0.1, 0.15) is 51.0 Å². The molecular weight excluding hydrogens is 418 g/mol. The minimum atomic E-state index is -1.70. The van der Waals surface area contributed by atoms with Crippen LogP contribution in [0.5, 0.6) is 0 Å². The predicted octanol–water partition coefficient (Wildman–Crippen LogP) is 2.82. The Morgan fingerprint density at radius 3 is 2.73 bits per heavy atom. The Morgan fingerprint density at radius 1 is 1.38 bits per heavy atom. The molecule has 0 bridgehead atoms. The summed E-state index contributed by atoms with van der Waals surface area (Å²) in [5.41, 5.74) is 6.97. The number of aliphatic hydroxyl groups is 1. The molecule has 8 heteroatoms. The van der Waals surface area contributed by atoms with E-state index in [4.69, 9.17) is 5.73 Å². The second kappa shape index (κ2) is 7.78. The van der Waals surface area contributed by atoms with Gasteiger partial charge in [-0.25, -0.2) is 4.21 Å². The number of amides is 1. The van der Waals surface area contributed by atoms with Crippen LogP contribution in [0.4, 0.5) is 5.69 Å². The van der Waals surface area contributed by atoms with Crippen LogP contribution < -0.4 is 10.6 Å². The molecule has 3 rings (SSSR count). The number of anilines is 1. The molecule has 6 nitrogen and oxygen atoms in total. The molecule has 142 valence electrons. The fourth-order valence-electron chi connectivity index (χ4n) is 3.76. The summed E-state index contributed by atoms with van der Waals surface area (Å²) in [5.74, 6) is 0.161. The van der Waals surface area contributed by atoms with Gasteiger partial charge in [-0.3, -0.25) is 4.79 Å². The van der Waals surface area contributed by atoms with Gasteiger partial charge in [-0.2, -0.15) is 4.40 Å². The highest BCUT2D eigenvalue weighted by Gasteiger charge is 2.30. The molecule has 1 amide bonds. The maximum Gasteiger partial charge on any atom is 0.223 e. The average molecular weight is 442 g/mol. The molecule has 2 aliphatic rings. The monoisotopic (exact) mass is 441 g/mol. The lowest BCUT2D eigenvalue weighted by Gasteiger charge is -2.31. The van der Waals surface area contributed by atoms with Crippen molar-refractivity contribution in [3.05, 3.63) is 22.2 Å². The van der Waals surface area contributed by atoms with E-state index in [1.165, 1.54) is 6.92 Å². The van der Waals surface area contributed by atoms with Crippen LogP contribution in [0.2, 0.25) is 0 Å². The first-order chi connectivity index (χ1) is 12.3. The van der Waals surface area contributed by atoms with Gasteiger partial charge in [-0.1, -0.05) is 19.3 Å². The van der Waals surface area contributed by atoms with E-state index in [9.17, 15) is 14.1 Å². The minimum Gasteiger partial charge on any atom is -0.389 e. The first-order valence-corrected chi connectivity index (χ1v) is 10.8. The molecular formula is C18H24BrN3O3S. The highest BCUT2D eigenvalue weighted by molar-refractivity contribution is 9.10. The van der Waals surface area contributed by atoms with Crippen LogP contribution in [0.25, 0.3) is 0 Å². The first kappa shape index (κ1) is 19.5. The molecule has 1 aliphatic carbocycles. The largest absolute Gasteiger partial charge is 0.389 e. The lowest BCUT2D eigenvalue weighted by atomic mass is 9.82. The highest BCUT2D eigenvalue weighted by Crippen LogP contribution is 2.35. The third kappa shape index (κ3) is 4.18. The second-order valence-corrected chi connectivity index (χ2v) is 9.10. The van der Waals surface area contributed by atoms with Gasteiger partial charge in [0.1, 0.15) is 5.84 Å². The SMILES string of the molecule is CC(=O)N1CCc2cc(Br)c(S(=O)/N=C(\N)CC3(O)CCCCC3)cc21. The Morgan fingerprint density at radius 2 is 2.08 bits per heavy atom. The normalized spacial score (nSPS) is 20.7. The number of nitrogens with two attached hydrogens (primary N) is 1. The van der Waals surface area contributed by atoms with Crippen molar-refractivity contribution in [3.8, 4) is 0 Å². The van der Waals surface area contributed by atoms with E-state index in [2.05, 4.69) is 20.3 Å². The second-order valence-electron chi connectivity index (χ2n) is 7.13. The summed E-state index contributed by atoms with van der Waals surface area (Å²) in [6, 6.07) is 3.64. The van der Waals surface area contributed by atoms with Crippen molar-refractivity contribution in [3.63, 3.8) is 0 Å². The third-order valence-corrected chi connectivity index (χ3v) is 7.12. The van der Waals surface area contributed by atoms with Gasteiger partial charge < -0.3 is 15.7 Å². The van der Waals surface area contributed by atoms with E-state index in [0.29, 0.717) is 28.8 Å². The van der Waals surface area contributed by atoms with Crippen LogP contribution in [0, 0.1) is 0 Å². The number of fused-ring (bicyclic) bond motifs is 1. The third-order valence-electron chi connectivity index (χ3n) is 5.09. The molecule has 1 heterocycles. The van der Waals surface area contributed by atoms with Crippen molar-refractivity contribution in [1.29, 1.82) is 0 Å². The number of halogens is 1. The van der Waals surface area contributed by atoms with Crippen LogP contribution in [-0.4, -0.2) is 33.2 Å². The smallest absolute Gasteiger partial charge is 0.223 e. The molecule has 1 aromatic carbocycles. The Bertz CT molecular complexity index is 775. The van der Waals surface area contributed by atoms with Gasteiger partial charge in [0, 0.05) is 30.0 Å². The van der Waals surface area contributed by atoms with Gasteiger partial charge in [-0.05, 0) is 52.9 Å². The van der Waals surface area contributed by atoms with Crippen LogP contribution >= 0.6 is 15.9 Å². The molecule has 0 spiro atoms. The summed E-state index contributed by atoms with van der Waals surface area (Å²) in [6.45, 7) is 2.15. The molecule has 1 saturated carbocycles. The number of benzene rings is 1. The van der Waals surface area contributed by atoms with Gasteiger partial charge in [0.2, 0.25) is 5.91 Å². The summed E-state index contributed by atoms with van der Waals surface area (Å²) in [5, 5.41) is 10.6. The molecule has 0 aromatic heterocycles. The van der Waals surface area contributed by atoms with Crippen LogP contribution in [-0.2, 0) is 22.2 Å². The number of amidine groups is 1. The topological polar surface area (TPSA) is 96.0 Å². The summed E-state index contributed by atoms with van der Waals surface area (Å²) in [4.78, 5) is 13.9. The van der Waals surface area contributed by atoms with Crippen LogP contribution in [0.15, 0.2) is 25.9 Å². The van der Waals surface area contributed by atoms with Crippen molar-refractivity contribution in [2.45, 2.75) is 62.4 Å². The molecule has 1 aromatic rings. The van der Waals surface area contributed by atoms with Gasteiger partial charge in [-0.15, -0.1) is 0 Å². The Balaban J connectivity index is 1.81. The lowest BCUT2D eigenvalue weighted by Crippen LogP contribution is -2.36. The number of hydrogen-bond acceptors (Lipinski definition) is 3. The maximum atomic E-state index is 12.7. The number of rotatable bonds is 4. The van der Waals surface area contributed by atoms with Crippen LogP contribution in [0.3, 0.4) is 0 Å². The van der Waals surface area contributed by atoms with Gasteiger partial charge >= 0.3 is 0 Å². The molecule has 1 fully saturated rings. The summed E-state index contributed by atoms with van der Waals surface area (Å²) in [7, 11) is -1.70. The fraction of sp³-hybridized carbons (Fsp3) is 0.556. The zero-order valence-electron chi connectivity index (χ0n) is 14.8. The molecule has 0 radical (unpaired) electrons. The average Bonchev–Trinajstić information content (AvgIpc) is 2.96. The zero-order valence-corrected chi connectivity index (χ0v) is 17.2. The molecule has 3 N–H and O–H groups in total. The zero-order chi connectivity index (χ0) is 18.9. The van der Waals surface area contributed by atoms with E-state index < -0.39 is 16.6 Å².